The maximum atomic E-state index is 11.5. The molecule has 0 radical (unpaired) electrons. The highest BCUT2D eigenvalue weighted by atomic mass is 16.2. The molecule has 0 bridgehead atoms. The van der Waals surface area contributed by atoms with Crippen LogP contribution in [0.3, 0.4) is 0 Å². The van der Waals surface area contributed by atoms with Crippen LogP contribution in [0.15, 0.2) is 0 Å². The molecule has 0 atom stereocenters. The Bertz CT molecular complexity index is 382. The van der Waals surface area contributed by atoms with Gasteiger partial charge in [0.15, 0.2) is 0 Å². The summed E-state index contributed by atoms with van der Waals surface area (Å²) < 4.78 is 1.90. The van der Waals surface area contributed by atoms with Crippen molar-refractivity contribution in [3.63, 3.8) is 0 Å². The summed E-state index contributed by atoms with van der Waals surface area (Å²) >= 11 is 0. The molecule has 4 heteroatoms. The summed E-state index contributed by atoms with van der Waals surface area (Å²) in [7, 11) is 3.80. The number of nitrogens with zero attached hydrogens (tertiary/aromatic N) is 3. The van der Waals surface area contributed by atoms with Crippen molar-refractivity contribution >= 4 is 5.91 Å². The van der Waals surface area contributed by atoms with Crippen molar-refractivity contribution in [2.24, 2.45) is 7.05 Å². The summed E-state index contributed by atoms with van der Waals surface area (Å²) in [6.07, 6.45) is 1.41. The number of hydrogen-bond donors (Lipinski definition) is 0. The Morgan fingerprint density at radius 2 is 1.81 bits per heavy atom. The maximum Gasteiger partial charge on any atom is 0.223 e. The third-order valence-corrected chi connectivity index (χ3v) is 2.87. The average Bonchev–Trinajstić information content (AvgIpc) is 2.44. The Morgan fingerprint density at radius 3 is 2.44 bits per heavy atom. The summed E-state index contributed by atoms with van der Waals surface area (Å²) in [5.74, 6) is 0.223. The molecule has 1 aliphatic heterocycles. The van der Waals surface area contributed by atoms with Gasteiger partial charge in [0.2, 0.25) is 5.91 Å². The lowest BCUT2D eigenvalue weighted by Gasteiger charge is -2.13. The Labute approximate surface area is 97.2 Å². The molecular formula is C12H21N3O. The number of fused-ring (bicyclic) bond motifs is 1. The van der Waals surface area contributed by atoms with Crippen molar-refractivity contribution in [3.05, 3.63) is 17.0 Å². The minimum Gasteiger partial charge on any atom is -0.341 e. The first kappa shape index (κ1) is 12.7. The number of rotatable bonds is 0. The Kier molecular flexibility index (Phi) is 4.10. The number of aromatic nitrogens is 2. The van der Waals surface area contributed by atoms with Gasteiger partial charge in [0, 0.05) is 38.3 Å². The third kappa shape index (κ3) is 2.26. The first-order chi connectivity index (χ1) is 7.59. The molecule has 0 saturated heterocycles. The molecule has 4 nitrogen and oxygen atoms in total. The number of amides is 1. The van der Waals surface area contributed by atoms with Crippen LogP contribution in [-0.4, -0.2) is 27.6 Å². The highest BCUT2D eigenvalue weighted by molar-refractivity contribution is 5.76. The van der Waals surface area contributed by atoms with Crippen LogP contribution in [0, 0.1) is 6.92 Å². The average molecular weight is 223 g/mol. The van der Waals surface area contributed by atoms with Gasteiger partial charge < -0.3 is 4.90 Å². The van der Waals surface area contributed by atoms with Gasteiger partial charge in [-0.3, -0.25) is 9.48 Å². The molecule has 0 aliphatic carbocycles. The lowest BCUT2D eigenvalue weighted by Crippen LogP contribution is -2.24. The SMILES string of the molecule is CC.Cc1nn(C)c2c1CN(C)C(=O)CC2. The number of carbonyl (C=O) groups excluding carboxylic acids is 1. The second-order valence-electron chi connectivity index (χ2n) is 3.88. The summed E-state index contributed by atoms with van der Waals surface area (Å²) in [6, 6.07) is 0. The van der Waals surface area contributed by atoms with Gasteiger partial charge in [-0.2, -0.15) is 5.10 Å². The van der Waals surface area contributed by atoms with Crippen LogP contribution in [0.25, 0.3) is 0 Å². The molecule has 16 heavy (non-hydrogen) atoms. The van der Waals surface area contributed by atoms with Gasteiger partial charge >= 0.3 is 0 Å². The molecule has 0 N–H and O–H groups in total. The fourth-order valence-corrected chi connectivity index (χ4v) is 2.01. The predicted molar refractivity (Wildman–Crippen MR) is 64.1 cm³/mol. The highest BCUT2D eigenvalue weighted by Crippen LogP contribution is 2.20. The summed E-state index contributed by atoms with van der Waals surface area (Å²) in [4.78, 5) is 13.3. The molecular weight excluding hydrogens is 202 g/mol. The maximum absolute atomic E-state index is 11.5. The van der Waals surface area contributed by atoms with Gasteiger partial charge in [-0.1, -0.05) is 13.8 Å². The fraction of sp³-hybridized carbons (Fsp3) is 0.667. The van der Waals surface area contributed by atoms with Crippen LogP contribution in [0.1, 0.15) is 37.2 Å². The zero-order valence-corrected chi connectivity index (χ0v) is 10.9. The van der Waals surface area contributed by atoms with E-state index in [-0.39, 0.29) is 5.91 Å². The number of carbonyl (C=O) groups is 1. The predicted octanol–water partition coefficient (Wildman–Crippen LogP) is 1.66. The van der Waals surface area contributed by atoms with Gasteiger partial charge in [0.25, 0.3) is 0 Å². The molecule has 2 heterocycles. The zero-order valence-electron chi connectivity index (χ0n) is 10.9. The molecule has 0 aromatic carbocycles. The highest BCUT2D eigenvalue weighted by Gasteiger charge is 2.22. The minimum atomic E-state index is 0.223. The van der Waals surface area contributed by atoms with E-state index in [9.17, 15) is 4.79 Å². The standard InChI is InChI=1S/C10H15N3O.C2H6/c1-7-8-6-12(2)10(14)5-4-9(8)13(3)11-7;1-2/h4-6H2,1-3H3;1-2H3. The number of hydrogen-bond acceptors (Lipinski definition) is 2. The quantitative estimate of drug-likeness (QED) is 0.671. The van der Waals surface area contributed by atoms with Gasteiger partial charge in [-0.25, -0.2) is 0 Å². The number of aryl methyl sites for hydroxylation is 2. The molecule has 2 rings (SSSR count). The molecule has 1 aromatic heterocycles. The molecule has 1 amide bonds. The van der Waals surface area contributed by atoms with Crippen molar-refractivity contribution in [3.8, 4) is 0 Å². The lowest BCUT2D eigenvalue weighted by atomic mass is 10.1. The topological polar surface area (TPSA) is 38.1 Å². The van der Waals surface area contributed by atoms with E-state index >= 15 is 0 Å². The first-order valence-electron chi connectivity index (χ1n) is 5.85. The van der Waals surface area contributed by atoms with E-state index in [2.05, 4.69) is 5.10 Å². The van der Waals surface area contributed by atoms with Crippen molar-refractivity contribution in [1.82, 2.24) is 14.7 Å². The largest absolute Gasteiger partial charge is 0.341 e. The van der Waals surface area contributed by atoms with Crippen LogP contribution < -0.4 is 0 Å². The van der Waals surface area contributed by atoms with Crippen molar-refractivity contribution in [2.75, 3.05) is 7.05 Å². The Balaban J connectivity index is 0.000000606. The molecule has 1 aliphatic rings. The van der Waals surface area contributed by atoms with E-state index in [0.29, 0.717) is 13.0 Å². The lowest BCUT2D eigenvalue weighted by molar-refractivity contribution is -0.130. The first-order valence-corrected chi connectivity index (χ1v) is 5.85. The second-order valence-corrected chi connectivity index (χ2v) is 3.88. The zero-order chi connectivity index (χ0) is 12.3. The van der Waals surface area contributed by atoms with Gasteiger partial charge in [-0.15, -0.1) is 0 Å². The van der Waals surface area contributed by atoms with E-state index in [1.54, 1.807) is 4.90 Å². The summed E-state index contributed by atoms with van der Waals surface area (Å²) in [5, 5.41) is 4.37. The smallest absolute Gasteiger partial charge is 0.223 e. The van der Waals surface area contributed by atoms with E-state index in [4.69, 9.17) is 0 Å². The molecule has 0 fully saturated rings. The second kappa shape index (κ2) is 5.14. The monoisotopic (exact) mass is 223 g/mol. The van der Waals surface area contributed by atoms with Crippen LogP contribution in [-0.2, 0) is 24.8 Å². The minimum absolute atomic E-state index is 0.223. The Morgan fingerprint density at radius 1 is 1.19 bits per heavy atom. The third-order valence-electron chi connectivity index (χ3n) is 2.87. The molecule has 90 valence electrons. The molecule has 0 saturated carbocycles. The van der Waals surface area contributed by atoms with Crippen molar-refractivity contribution < 1.29 is 4.79 Å². The van der Waals surface area contributed by atoms with E-state index in [1.807, 2.05) is 39.5 Å². The fourth-order valence-electron chi connectivity index (χ4n) is 2.01. The molecule has 0 spiro atoms. The van der Waals surface area contributed by atoms with E-state index < -0.39 is 0 Å². The van der Waals surface area contributed by atoms with E-state index in [0.717, 1.165) is 12.1 Å². The Hall–Kier alpha value is -1.32. The van der Waals surface area contributed by atoms with Crippen molar-refractivity contribution in [2.45, 2.75) is 40.2 Å². The van der Waals surface area contributed by atoms with Gasteiger partial charge in [0.1, 0.15) is 0 Å². The normalized spacial score (nSPS) is 15.1. The van der Waals surface area contributed by atoms with Gasteiger partial charge in [0.05, 0.1) is 5.69 Å². The van der Waals surface area contributed by atoms with Gasteiger partial charge in [-0.05, 0) is 13.3 Å². The van der Waals surface area contributed by atoms with E-state index in [1.165, 1.54) is 11.3 Å². The van der Waals surface area contributed by atoms with Crippen LogP contribution in [0.5, 0.6) is 0 Å². The van der Waals surface area contributed by atoms with Crippen LogP contribution >= 0.6 is 0 Å². The molecule has 1 aromatic rings. The summed E-state index contributed by atoms with van der Waals surface area (Å²) in [5.41, 5.74) is 3.48. The molecule has 0 unspecified atom stereocenters. The summed E-state index contributed by atoms with van der Waals surface area (Å²) in [6.45, 7) is 6.70. The van der Waals surface area contributed by atoms with Crippen LogP contribution in [0.2, 0.25) is 0 Å². The van der Waals surface area contributed by atoms with Crippen LogP contribution in [0.4, 0.5) is 0 Å². The van der Waals surface area contributed by atoms with Crippen molar-refractivity contribution in [1.29, 1.82) is 0 Å².